The van der Waals surface area contributed by atoms with Crippen LogP contribution in [0.2, 0.25) is 0 Å². The highest BCUT2D eigenvalue weighted by Gasteiger charge is 2.34. The van der Waals surface area contributed by atoms with Crippen molar-refractivity contribution in [2.45, 2.75) is 58.4 Å². The van der Waals surface area contributed by atoms with E-state index in [-0.39, 0.29) is 42.5 Å². The van der Waals surface area contributed by atoms with Crippen LogP contribution in [0.4, 0.5) is 4.39 Å². The topological polar surface area (TPSA) is 149 Å². The van der Waals surface area contributed by atoms with Crippen molar-refractivity contribution in [1.29, 1.82) is 0 Å². The van der Waals surface area contributed by atoms with Crippen molar-refractivity contribution in [2.75, 3.05) is 13.3 Å². The smallest absolute Gasteiger partial charge is 0.340 e. The molecule has 2 amide bonds. The van der Waals surface area contributed by atoms with Crippen LogP contribution in [0.25, 0.3) is 22.3 Å². The number of aromatic nitrogens is 2. The minimum Gasteiger partial charge on any atom is -0.458 e. The Morgan fingerprint density at radius 1 is 1.30 bits per heavy atom. The van der Waals surface area contributed by atoms with E-state index >= 15 is 0 Å². The van der Waals surface area contributed by atoms with Gasteiger partial charge in [0.25, 0.3) is 5.56 Å². The fraction of sp³-hybridized carbons (Fsp3) is 0.393. The maximum absolute atomic E-state index is 14.5. The normalized spacial score (nSPS) is 16.1. The molecule has 2 aromatic heterocycles. The van der Waals surface area contributed by atoms with Crippen molar-refractivity contribution in [3.8, 4) is 11.4 Å². The third kappa shape index (κ3) is 4.95. The lowest BCUT2D eigenvalue weighted by molar-refractivity contribution is -0.157. The summed E-state index contributed by atoms with van der Waals surface area (Å²) in [5.74, 6) is -1.56. The van der Waals surface area contributed by atoms with Gasteiger partial charge in [-0.15, -0.1) is 0 Å². The van der Waals surface area contributed by atoms with Crippen molar-refractivity contribution < 1.29 is 33.4 Å². The maximum atomic E-state index is 14.5. The van der Waals surface area contributed by atoms with Gasteiger partial charge >= 0.3 is 5.97 Å². The molecular weight excluding hydrogens is 523 g/mol. The van der Waals surface area contributed by atoms with E-state index in [4.69, 9.17) is 14.5 Å². The molecule has 0 fully saturated rings. The third-order valence-electron chi connectivity index (χ3n) is 7.38. The van der Waals surface area contributed by atoms with Gasteiger partial charge in [-0.1, -0.05) is 0 Å². The average Bonchev–Trinajstić information content (AvgIpc) is 3.29. The molecule has 4 heterocycles. The van der Waals surface area contributed by atoms with Gasteiger partial charge in [-0.2, -0.15) is 0 Å². The number of esters is 1. The lowest BCUT2D eigenvalue weighted by Gasteiger charge is -2.21. The number of aliphatic hydroxyl groups is 1. The van der Waals surface area contributed by atoms with Crippen LogP contribution in [0.3, 0.4) is 0 Å². The van der Waals surface area contributed by atoms with Crippen LogP contribution in [-0.4, -0.2) is 52.3 Å². The Balaban J connectivity index is 1.38. The number of cyclic esters (lactones) is 1. The fourth-order valence-corrected chi connectivity index (χ4v) is 5.16. The van der Waals surface area contributed by atoms with Gasteiger partial charge in [0.1, 0.15) is 25.2 Å². The van der Waals surface area contributed by atoms with Gasteiger partial charge in [-0.05, 0) is 56.4 Å². The fourth-order valence-electron chi connectivity index (χ4n) is 5.16. The van der Waals surface area contributed by atoms with Crippen molar-refractivity contribution in [3.05, 3.63) is 62.2 Å². The van der Waals surface area contributed by atoms with Gasteiger partial charge in [0.15, 0.2) is 6.10 Å². The molecule has 0 aliphatic carbocycles. The van der Waals surface area contributed by atoms with Crippen LogP contribution in [0.5, 0.6) is 0 Å². The molecule has 2 aliphatic rings. The van der Waals surface area contributed by atoms with E-state index in [1.807, 2.05) is 0 Å². The molecule has 11 nitrogen and oxygen atoms in total. The van der Waals surface area contributed by atoms with Gasteiger partial charge in [-0.25, -0.2) is 14.2 Å². The predicted octanol–water partition coefficient (Wildman–Crippen LogP) is 1.51. The van der Waals surface area contributed by atoms with E-state index in [9.17, 15) is 28.7 Å². The van der Waals surface area contributed by atoms with Crippen LogP contribution in [0.15, 0.2) is 23.0 Å². The van der Waals surface area contributed by atoms with Gasteiger partial charge in [-0.3, -0.25) is 14.4 Å². The largest absolute Gasteiger partial charge is 0.458 e. The summed E-state index contributed by atoms with van der Waals surface area (Å²) in [6.45, 7) is 3.69. The van der Waals surface area contributed by atoms with Crippen LogP contribution in [-0.2, 0) is 43.4 Å². The first kappa shape index (κ1) is 27.4. The molecule has 0 saturated carbocycles. The molecular formula is C28H29FN4O7. The van der Waals surface area contributed by atoms with E-state index in [0.717, 1.165) is 16.5 Å². The van der Waals surface area contributed by atoms with E-state index in [1.165, 1.54) is 6.07 Å². The number of nitrogens with zero attached hydrogens (tertiary/aromatic N) is 2. The van der Waals surface area contributed by atoms with E-state index in [0.29, 0.717) is 54.7 Å². The molecule has 5 rings (SSSR count). The van der Waals surface area contributed by atoms with Gasteiger partial charge in [0.2, 0.25) is 12.3 Å². The summed E-state index contributed by atoms with van der Waals surface area (Å²) in [7, 11) is 0. The lowest BCUT2D eigenvalue weighted by Crippen LogP contribution is -2.42. The number of amides is 2. The number of benzene rings is 1. The SMILES string of the molecule is Cc1cc2c(CCCCOCNC(=O)[C@H](C)NC=O)c3c(nc2cc1F)-c1cc2c(c(=O)n1C3)COC(=O)C2O. The molecule has 210 valence electrons. The molecule has 0 spiro atoms. The van der Waals surface area contributed by atoms with Gasteiger partial charge in [0.05, 0.1) is 29.0 Å². The summed E-state index contributed by atoms with van der Waals surface area (Å²) in [5, 5.41) is 16.1. The number of pyridine rings is 2. The summed E-state index contributed by atoms with van der Waals surface area (Å²) in [6, 6.07) is 4.09. The number of unbranched alkanes of at least 4 members (excludes halogenated alkanes) is 1. The van der Waals surface area contributed by atoms with E-state index < -0.39 is 23.9 Å². The Hall–Kier alpha value is -4.16. The number of hydrogen-bond donors (Lipinski definition) is 3. The summed E-state index contributed by atoms with van der Waals surface area (Å²) in [6.07, 6.45) is 0.892. The summed E-state index contributed by atoms with van der Waals surface area (Å²) in [5.41, 5.74) is 3.79. The number of fused-ring (bicyclic) bond motifs is 5. The highest BCUT2D eigenvalue weighted by molar-refractivity contribution is 5.89. The number of hydrogen-bond acceptors (Lipinski definition) is 8. The van der Waals surface area contributed by atoms with Crippen LogP contribution < -0.4 is 16.2 Å². The zero-order valence-corrected chi connectivity index (χ0v) is 22.1. The second-order valence-corrected chi connectivity index (χ2v) is 9.96. The summed E-state index contributed by atoms with van der Waals surface area (Å²) < 4.78 is 26.6. The van der Waals surface area contributed by atoms with Gasteiger partial charge in [0, 0.05) is 29.2 Å². The molecule has 0 bridgehead atoms. The van der Waals surface area contributed by atoms with E-state index in [1.54, 1.807) is 30.5 Å². The Labute approximate surface area is 228 Å². The number of aryl methyl sites for hydroxylation is 2. The number of rotatable bonds is 10. The second-order valence-electron chi connectivity index (χ2n) is 9.96. The molecule has 3 N–H and O–H groups in total. The van der Waals surface area contributed by atoms with Crippen LogP contribution in [0, 0.1) is 12.7 Å². The Kier molecular flexibility index (Phi) is 7.63. The molecule has 3 aromatic rings. The number of aliphatic hydroxyl groups excluding tert-OH is 1. The van der Waals surface area contributed by atoms with Crippen molar-refractivity contribution in [3.63, 3.8) is 0 Å². The summed E-state index contributed by atoms with van der Waals surface area (Å²) >= 11 is 0. The number of carbonyl (C=O) groups is 3. The number of ether oxygens (including phenoxy) is 2. The number of nitrogens with one attached hydrogen (secondary N) is 2. The molecule has 1 unspecified atom stereocenters. The maximum Gasteiger partial charge on any atom is 0.340 e. The molecule has 0 saturated heterocycles. The molecule has 2 aliphatic heterocycles. The molecule has 12 heteroatoms. The minimum atomic E-state index is -1.55. The Morgan fingerprint density at radius 2 is 2.10 bits per heavy atom. The Bertz CT molecular complexity index is 1590. The molecule has 0 radical (unpaired) electrons. The van der Waals surface area contributed by atoms with Crippen molar-refractivity contribution in [1.82, 2.24) is 20.2 Å². The Morgan fingerprint density at radius 3 is 2.88 bits per heavy atom. The van der Waals surface area contributed by atoms with Crippen LogP contribution >= 0.6 is 0 Å². The van der Waals surface area contributed by atoms with Crippen LogP contribution in [0.1, 0.15) is 53.7 Å². The standard InChI is InChI=1S/C28H29FN4O7/c1-14-7-17-16(5-3-4-6-39-13-31-26(36)15(2)30-12-34)19-10-33-23(24(19)32-22(17)9-21(14)29)8-18-20(27(33)37)11-40-28(38)25(18)35/h7-9,12,15,25,35H,3-6,10-11,13H2,1-2H3,(H,30,34)(H,31,36)/t15-,25?/m0/s1. The predicted molar refractivity (Wildman–Crippen MR) is 141 cm³/mol. The molecule has 40 heavy (non-hydrogen) atoms. The average molecular weight is 553 g/mol. The zero-order valence-electron chi connectivity index (χ0n) is 22.1. The lowest BCUT2D eigenvalue weighted by atomic mass is 9.94. The highest BCUT2D eigenvalue weighted by atomic mass is 19.1. The highest BCUT2D eigenvalue weighted by Crippen LogP contribution is 2.38. The van der Waals surface area contributed by atoms with E-state index in [2.05, 4.69) is 10.6 Å². The summed E-state index contributed by atoms with van der Waals surface area (Å²) in [4.78, 5) is 52.2. The van der Waals surface area contributed by atoms with Crippen molar-refractivity contribution in [2.24, 2.45) is 0 Å². The monoisotopic (exact) mass is 552 g/mol. The number of halogens is 1. The first-order chi connectivity index (χ1) is 19.2. The first-order valence-corrected chi connectivity index (χ1v) is 13.0. The molecule has 2 atom stereocenters. The first-order valence-electron chi connectivity index (χ1n) is 13.0. The van der Waals surface area contributed by atoms with Gasteiger partial charge < -0.3 is 29.8 Å². The second kappa shape index (κ2) is 11.1. The quantitative estimate of drug-likeness (QED) is 0.116. The van der Waals surface area contributed by atoms with Crippen molar-refractivity contribution >= 4 is 29.2 Å². The third-order valence-corrected chi connectivity index (χ3v) is 7.38. The molecule has 1 aromatic carbocycles. The minimum absolute atomic E-state index is 0.0106. The zero-order chi connectivity index (χ0) is 28.6. The number of carbonyl (C=O) groups excluding carboxylic acids is 3.